The smallest absolute Gasteiger partial charge is 0.335 e. The Labute approximate surface area is 586 Å². The van der Waals surface area contributed by atoms with E-state index in [4.69, 9.17) is 19.7 Å². The maximum Gasteiger partial charge on any atom is 0.335 e. The van der Waals surface area contributed by atoms with Gasteiger partial charge in [0.15, 0.2) is 10.5 Å². The Balaban J connectivity index is 0.000000170. The molecule has 6 heterocycles. The zero-order valence-electron chi connectivity index (χ0n) is 55.8. The van der Waals surface area contributed by atoms with E-state index in [1.54, 1.807) is 25.1 Å². The molecule has 0 radical (unpaired) electrons. The van der Waals surface area contributed by atoms with Gasteiger partial charge in [-0.3, -0.25) is 38.3 Å². The molecule has 0 spiro atoms. The number of aryl methyl sites for hydroxylation is 3. The number of benzene rings is 7. The van der Waals surface area contributed by atoms with Crippen LogP contribution in [0.3, 0.4) is 0 Å². The summed E-state index contributed by atoms with van der Waals surface area (Å²) in [6.45, 7) is 17.7. The Bertz CT molecular complexity index is 4680. The van der Waals surface area contributed by atoms with Crippen LogP contribution in [0, 0.1) is 13.8 Å². The number of nitrogens with two attached hydrogens (primary N) is 1. The summed E-state index contributed by atoms with van der Waals surface area (Å²) >= 11 is 1.28. The first-order chi connectivity index (χ1) is 47.4. The summed E-state index contributed by atoms with van der Waals surface area (Å²) in [5.41, 5.74) is 14.1. The summed E-state index contributed by atoms with van der Waals surface area (Å²) in [4.78, 5) is 99.0. The number of likely N-dealkylation sites (tertiary alicyclic amines) is 1. The van der Waals surface area contributed by atoms with Crippen LogP contribution in [0.25, 0.3) is 56.4 Å². The minimum atomic E-state index is -3.18. The third-order valence-electron chi connectivity index (χ3n) is 15.7. The van der Waals surface area contributed by atoms with Crippen molar-refractivity contribution >= 4 is 115 Å². The van der Waals surface area contributed by atoms with E-state index in [2.05, 4.69) is 47.4 Å². The number of hydrogen-bond acceptors (Lipinski definition) is 14. The van der Waals surface area contributed by atoms with Gasteiger partial charge in [-0.15, -0.1) is 11.3 Å². The quantitative estimate of drug-likeness (QED) is 0.0475. The van der Waals surface area contributed by atoms with Crippen molar-refractivity contribution in [2.24, 2.45) is 5.73 Å². The second kappa shape index (κ2) is 36.6. The van der Waals surface area contributed by atoms with Gasteiger partial charge in [-0.1, -0.05) is 160 Å². The fourth-order valence-corrected chi connectivity index (χ4v) is 12.5. The number of nitrogens with zero attached hydrogens (tertiary/aromatic N) is 4. The van der Waals surface area contributed by atoms with Gasteiger partial charge in [0.05, 0.1) is 33.9 Å². The molecule has 2 unspecified atom stereocenters. The second-order valence-corrected chi connectivity index (χ2v) is 27.1. The van der Waals surface area contributed by atoms with E-state index in [1.807, 2.05) is 159 Å². The minimum absolute atomic E-state index is 0. The molecule has 3 aliphatic heterocycles. The Morgan fingerprint density at radius 3 is 1.93 bits per heavy atom. The molecule has 2 fully saturated rings. The van der Waals surface area contributed by atoms with E-state index in [1.165, 1.54) is 89.7 Å². The van der Waals surface area contributed by atoms with Crippen LogP contribution in [-0.2, 0) is 39.8 Å². The zero-order chi connectivity index (χ0) is 71.2. The molecule has 18 nitrogen and oxygen atoms in total. The van der Waals surface area contributed by atoms with Crippen molar-refractivity contribution < 1.29 is 57.0 Å². The number of rotatable bonds is 13. The van der Waals surface area contributed by atoms with E-state index in [0.717, 1.165) is 97.5 Å². The number of carbonyl (C=O) groups is 7. The highest BCUT2D eigenvalue weighted by Crippen LogP contribution is 2.37. The Kier molecular flexibility index (Phi) is 28.0. The van der Waals surface area contributed by atoms with Gasteiger partial charge in [0.2, 0.25) is 11.8 Å². The number of nitrogens with one attached hydrogen (secondary N) is 1. The lowest BCUT2D eigenvalue weighted by Gasteiger charge is -2.25. The van der Waals surface area contributed by atoms with Crippen molar-refractivity contribution in [2.75, 3.05) is 34.9 Å². The van der Waals surface area contributed by atoms with Crippen LogP contribution in [0.4, 0.5) is 17.1 Å². The fourth-order valence-electron chi connectivity index (χ4n) is 10.5. The molecule has 5 N–H and O–H groups in total. The highest BCUT2D eigenvalue weighted by molar-refractivity contribution is 7.71. The number of ketones is 2. The number of hydrogen-bond donors (Lipinski definition) is 4. The summed E-state index contributed by atoms with van der Waals surface area (Å²) in [6, 6.07) is 58.3. The van der Waals surface area contributed by atoms with Gasteiger partial charge in [-0.2, -0.15) is 0 Å². The maximum absolute atomic E-state index is 13.0. The van der Waals surface area contributed by atoms with Crippen LogP contribution in [0.5, 0.6) is 0 Å². The van der Waals surface area contributed by atoms with Crippen LogP contribution in [-0.4, -0.2) is 86.8 Å². The van der Waals surface area contributed by atoms with E-state index in [-0.39, 0.29) is 54.2 Å². The van der Waals surface area contributed by atoms with Crippen LogP contribution >= 0.6 is 18.7 Å². The first-order valence-electron chi connectivity index (χ1n) is 32.0. The number of furan rings is 2. The van der Waals surface area contributed by atoms with Gasteiger partial charge < -0.3 is 34.7 Å². The molecule has 2 atom stereocenters. The summed E-state index contributed by atoms with van der Waals surface area (Å²) in [5, 5.41) is 14.2. The number of carboxylic acid groups (broad SMARTS) is 1. The van der Waals surface area contributed by atoms with E-state index < -0.39 is 13.3 Å². The molecular formula is C80H83N6O12PS. The number of anilines is 3. The summed E-state index contributed by atoms with van der Waals surface area (Å²) < 4.78 is 23.7. The van der Waals surface area contributed by atoms with Gasteiger partial charge in [0.25, 0.3) is 19.2 Å². The Morgan fingerprint density at radius 2 is 1.33 bits per heavy atom. The molecule has 100 heavy (non-hydrogen) atoms. The molecule has 20 heteroatoms. The van der Waals surface area contributed by atoms with Crippen LogP contribution in [0.1, 0.15) is 87.0 Å². The predicted octanol–water partition coefficient (Wildman–Crippen LogP) is 14.5. The number of allylic oxidation sites excluding steroid dienone is 2. The maximum atomic E-state index is 13.0. The van der Waals surface area contributed by atoms with Crippen molar-refractivity contribution in [3.8, 4) is 22.6 Å². The van der Waals surface area contributed by atoms with Gasteiger partial charge in [0.1, 0.15) is 28.5 Å². The van der Waals surface area contributed by atoms with Crippen LogP contribution in [0.2, 0.25) is 0 Å². The fraction of sp³-hybridized carbons (Fsp3) is 0.200. The average molecular weight is 1380 g/mol. The van der Waals surface area contributed by atoms with Crippen molar-refractivity contribution in [1.82, 2.24) is 9.88 Å². The third-order valence-corrected chi connectivity index (χ3v) is 18.7. The topological polar surface area (TPSA) is 264 Å². The molecule has 0 aliphatic carbocycles. The standard InChI is InChI=1S/C20H22N2O2.C15H16O2.C12H9NO3.C12H13NO2.C12H11NO.C8H8NO2PS.CH4/c23-19-14-18(21-12-5-1-2-6-13-21)20(24)22(19)17-11-7-9-15-8-3-4-10-16(15)17;1-11-3-6-13(7-4-11)15-10-9-14(17-15)8-5-12(2)16;1-8-2-7-11(14)13(8)10-5-3-9(4-6-10)12(15)16;1-9-3-6-11(7-4-9)13-12(15)8-5-10(2)14;1-9-11(8-13)7-12(14-9)10-5-3-2-4-6-10;1-12(10,11)8-9-6-4-2-3-5-7(6)13-8;/h3-4,7-11,18H,1-2,5-6,12-14H2;3-4,6-7,9-10H,5,8H2,1-2H3;2-7H,1H2,(H,15,16);3-8H,1-2H3,(H,13,15);2-8H,1,13H2;2-5H,1H3,(H,10,11);1H4/b;;;8-5+;11-8+;;. The van der Waals surface area contributed by atoms with Gasteiger partial charge in [0, 0.05) is 76.7 Å². The van der Waals surface area contributed by atoms with Crippen LogP contribution in [0.15, 0.2) is 233 Å². The lowest BCUT2D eigenvalue weighted by molar-refractivity contribution is -0.123. The van der Waals surface area contributed by atoms with E-state index in [0.29, 0.717) is 40.8 Å². The Hall–Kier alpha value is -11.0. The number of imide groups is 1. The monoisotopic (exact) mass is 1380 g/mol. The second-order valence-electron chi connectivity index (χ2n) is 23.6. The molecule has 3 aromatic heterocycles. The van der Waals surface area contributed by atoms with Crippen LogP contribution < -0.4 is 36.2 Å². The molecule has 3 aliphatic rings. The summed E-state index contributed by atoms with van der Waals surface area (Å²) in [7, 11) is -3.18. The summed E-state index contributed by atoms with van der Waals surface area (Å²) in [5.74, 6) is 0.987. The molecule has 2 saturated heterocycles. The normalized spacial score (nSPS) is 14.9. The number of thiazole rings is 1. The highest BCUT2D eigenvalue weighted by Gasteiger charge is 2.43. The lowest BCUT2D eigenvalue weighted by atomic mass is 10.1. The molecule has 4 amide bonds. The predicted molar refractivity (Wildman–Crippen MR) is 401 cm³/mol. The Morgan fingerprint density at radius 1 is 0.710 bits per heavy atom. The largest absolute Gasteiger partial charge is 0.478 e. The third kappa shape index (κ3) is 21.8. The van der Waals surface area contributed by atoms with Crippen molar-refractivity contribution in [3.63, 3.8) is 0 Å². The van der Waals surface area contributed by atoms with E-state index >= 15 is 0 Å². The first kappa shape index (κ1) is 76.4. The number of para-hydroxylation sites is 1. The first-order valence-corrected chi connectivity index (χ1v) is 35.0. The lowest BCUT2D eigenvalue weighted by Crippen LogP contribution is -2.42. The molecule has 10 aromatic rings. The molecule has 13 rings (SSSR count). The van der Waals surface area contributed by atoms with Crippen molar-refractivity contribution in [1.29, 1.82) is 0 Å². The number of Topliss-reactive ketones (excluding diaryl/α,β-unsaturated/α-hetero) is 1. The summed E-state index contributed by atoms with van der Waals surface area (Å²) in [6.07, 6.45) is 13.2. The molecule has 516 valence electrons. The number of fused-ring (bicyclic) bond motifs is 2. The number of aromatic carboxylic acids is 1. The SMILES string of the molecule is C.C=C1C=CC(=O)N1c1ccc(C(=O)O)cc1.C=c1oc(-c2ccccc2)c/c1=C\N.CC(=O)/C=C/C(=O)Nc1ccc(C)cc1.CC(=O)CCc1ccc(-c2ccc(C)cc2)o1.CP(=O)(O)c1nc2ccccc2s1.O=C1CC(N2CCCCCC2)C(=O)N1c1cccc2ccccc12. The highest BCUT2D eigenvalue weighted by atomic mass is 32.1. The van der Waals surface area contributed by atoms with Gasteiger partial charge >= 0.3 is 5.97 Å². The number of aromatic nitrogens is 1. The number of carbonyl (C=O) groups excluding carboxylic acids is 6. The zero-order valence-corrected chi connectivity index (χ0v) is 57.5. The van der Waals surface area contributed by atoms with Crippen molar-refractivity contribution in [2.45, 2.75) is 86.1 Å². The molecule has 7 aromatic carbocycles. The van der Waals surface area contributed by atoms with Gasteiger partial charge in [-0.25, -0.2) is 14.7 Å². The van der Waals surface area contributed by atoms with E-state index in [9.17, 15) is 43.0 Å². The van der Waals surface area contributed by atoms with Gasteiger partial charge in [-0.05, 0) is 144 Å². The molecule has 0 bridgehead atoms. The number of carboxylic acids is 1. The molecular weight excluding hydrogens is 1300 g/mol. The minimum Gasteiger partial charge on any atom is -0.478 e. The molecule has 0 saturated carbocycles. The average Bonchev–Trinajstić information content (AvgIpc) is 1.77. The number of amides is 4. The van der Waals surface area contributed by atoms with Crippen molar-refractivity contribution in [3.05, 3.63) is 258 Å².